The Bertz CT molecular complexity index is 1150. The van der Waals surface area contributed by atoms with E-state index in [1.54, 1.807) is 11.8 Å². The lowest BCUT2D eigenvalue weighted by Gasteiger charge is -2.40. The van der Waals surface area contributed by atoms with Gasteiger partial charge in [-0.25, -0.2) is 9.37 Å². The van der Waals surface area contributed by atoms with Gasteiger partial charge in [-0.2, -0.15) is 28.2 Å². The van der Waals surface area contributed by atoms with E-state index in [0.717, 1.165) is 25.1 Å². The fourth-order valence-corrected chi connectivity index (χ4v) is 4.34. The van der Waals surface area contributed by atoms with Crippen molar-refractivity contribution >= 4 is 11.7 Å². The highest BCUT2D eigenvalue weighted by Gasteiger charge is 2.34. The Morgan fingerprint density at radius 3 is 2.59 bits per heavy atom. The van der Waals surface area contributed by atoms with Crippen molar-refractivity contribution in [3.8, 4) is 5.69 Å². The second-order valence-electron chi connectivity index (χ2n) is 8.43. The summed E-state index contributed by atoms with van der Waals surface area (Å²) >= 11 is 0. The first-order chi connectivity index (χ1) is 16.1. The van der Waals surface area contributed by atoms with Crippen molar-refractivity contribution in [1.29, 1.82) is 0 Å². The molecule has 1 saturated heterocycles. The Hall–Kier alpha value is -3.50. The van der Waals surface area contributed by atoms with Gasteiger partial charge >= 0.3 is 6.18 Å². The third kappa shape index (κ3) is 4.87. The van der Waals surface area contributed by atoms with Crippen molar-refractivity contribution in [3.05, 3.63) is 65.4 Å². The summed E-state index contributed by atoms with van der Waals surface area (Å²) in [5, 5.41) is 11.3. The molecule has 1 fully saturated rings. The molecule has 0 radical (unpaired) electrons. The first kappa shape index (κ1) is 23.7. The van der Waals surface area contributed by atoms with Crippen LogP contribution in [0.2, 0.25) is 0 Å². The predicted molar refractivity (Wildman–Crippen MR) is 117 cm³/mol. The Morgan fingerprint density at radius 1 is 1.21 bits per heavy atom. The van der Waals surface area contributed by atoms with Gasteiger partial charge in [0.15, 0.2) is 0 Å². The Morgan fingerprint density at radius 2 is 1.94 bits per heavy atom. The van der Waals surface area contributed by atoms with Gasteiger partial charge in [-0.15, -0.1) is 0 Å². The van der Waals surface area contributed by atoms with E-state index in [9.17, 15) is 22.4 Å². The van der Waals surface area contributed by atoms with Crippen LogP contribution in [-0.4, -0.2) is 49.9 Å². The number of piperidine rings is 1. The molecule has 3 heterocycles. The SMILES string of the molecule is Cc1cc(F)cc(C(=O)N2CCC[C@@H](C)[C@H]2CNc2ccc(C(F)(F)F)cn2)c1-n1nccn1. The number of hydrogen-bond acceptors (Lipinski definition) is 5. The van der Waals surface area contributed by atoms with E-state index in [4.69, 9.17) is 0 Å². The Labute approximate surface area is 193 Å². The molecule has 0 unspecified atom stereocenters. The first-order valence-corrected chi connectivity index (χ1v) is 10.9. The molecule has 4 rings (SSSR count). The number of nitrogens with one attached hydrogen (secondary N) is 1. The number of alkyl halides is 3. The number of carbonyl (C=O) groups is 1. The number of rotatable bonds is 5. The Kier molecular flexibility index (Phi) is 6.54. The second-order valence-corrected chi connectivity index (χ2v) is 8.43. The van der Waals surface area contributed by atoms with Crippen LogP contribution in [0.3, 0.4) is 0 Å². The van der Waals surface area contributed by atoms with Crippen LogP contribution in [0.25, 0.3) is 5.69 Å². The largest absolute Gasteiger partial charge is 0.417 e. The maximum atomic E-state index is 14.3. The predicted octanol–water partition coefficient (Wildman–Crippen LogP) is 4.48. The number of hydrogen-bond donors (Lipinski definition) is 1. The van der Waals surface area contributed by atoms with Crippen molar-refractivity contribution < 1.29 is 22.4 Å². The summed E-state index contributed by atoms with van der Waals surface area (Å²) in [7, 11) is 0. The zero-order chi connectivity index (χ0) is 24.5. The molecule has 0 spiro atoms. The summed E-state index contributed by atoms with van der Waals surface area (Å²) in [4.78, 5) is 20.5. The summed E-state index contributed by atoms with van der Waals surface area (Å²) in [6.45, 7) is 4.46. The average molecular weight is 476 g/mol. The molecule has 2 atom stereocenters. The van der Waals surface area contributed by atoms with Crippen molar-refractivity contribution in [2.45, 2.75) is 38.9 Å². The normalized spacial score (nSPS) is 18.7. The number of carbonyl (C=O) groups excluding carboxylic acids is 1. The van der Waals surface area contributed by atoms with Gasteiger partial charge < -0.3 is 10.2 Å². The number of benzene rings is 1. The van der Waals surface area contributed by atoms with Crippen molar-refractivity contribution in [2.24, 2.45) is 5.92 Å². The zero-order valence-corrected chi connectivity index (χ0v) is 18.7. The van der Waals surface area contributed by atoms with E-state index in [1.165, 1.54) is 35.4 Å². The maximum absolute atomic E-state index is 14.3. The van der Waals surface area contributed by atoms with Crippen molar-refractivity contribution in [1.82, 2.24) is 24.9 Å². The van der Waals surface area contributed by atoms with Crippen LogP contribution in [0.4, 0.5) is 23.4 Å². The highest BCUT2D eigenvalue weighted by Crippen LogP contribution is 2.30. The van der Waals surface area contributed by atoms with Gasteiger partial charge in [0.1, 0.15) is 17.3 Å². The monoisotopic (exact) mass is 476 g/mol. The molecule has 1 aliphatic heterocycles. The molecule has 2 aromatic heterocycles. The molecular formula is C23H24F4N6O. The number of aryl methyl sites for hydroxylation is 1. The molecular weight excluding hydrogens is 452 g/mol. The third-order valence-corrected chi connectivity index (χ3v) is 6.07. The summed E-state index contributed by atoms with van der Waals surface area (Å²) in [6, 6.07) is 4.47. The minimum Gasteiger partial charge on any atom is -0.368 e. The quantitative estimate of drug-likeness (QED) is 0.550. The lowest BCUT2D eigenvalue weighted by molar-refractivity contribution is -0.137. The molecule has 11 heteroatoms. The molecule has 34 heavy (non-hydrogen) atoms. The lowest BCUT2D eigenvalue weighted by atomic mass is 9.89. The molecule has 180 valence electrons. The van der Waals surface area contributed by atoms with Crippen LogP contribution in [0.5, 0.6) is 0 Å². The van der Waals surface area contributed by atoms with E-state index in [1.807, 2.05) is 6.92 Å². The smallest absolute Gasteiger partial charge is 0.368 e. The number of nitrogens with zero attached hydrogens (tertiary/aromatic N) is 5. The van der Waals surface area contributed by atoms with Gasteiger partial charge in [-0.1, -0.05) is 6.92 Å². The standard InChI is InChI=1S/C23H24F4N6O/c1-14-4-3-9-32(19(14)13-29-20-6-5-16(12-28-20)23(25,26)27)22(34)18-11-17(24)10-15(2)21(18)33-30-7-8-31-33/h5-8,10-12,14,19H,3-4,9,13H2,1-2H3,(H,28,29)/t14-,19-/m1/s1. The van der Waals surface area contributed by atoms with E-state index in [2.05, 4.69) is 20.5 Å². The molecule has 1 aliphatic rings. The number of halogens is 4. The number of anilines is 1. The summed E-state index contributed by atoms with van der Waals surface area (Å²) in [5.41, 5.74) is 0.251. The number of pyridine rings is 1. The van der Waals surface area contributed by atoms with E-state index in [-0.39, 0.29) is 35.8 Å². The Balaban J connectivity index is 1.59. The molecule has 0 saturated carbocycles. The zero-order valence-electron chi connectivity index (χ0n) is 18.7. The molecule has 7 nitrogen and oxygen atoms in total. The van der Waals surface area contributed by atoms with E-state index in [0.29, 0.717) is 17.8 Å². The first-order valence-electron chi connectivity index (χ1n) is 10.9. The number of amides is 1. The second kappa shape index (κ2) is 9.40. The topological polar surface area (TPSA) is 75.9 Å². The van der Waals surface area contributed by atoms with Gasteiger partial charge in [0.25, 0.3) is 5.91 Å². The third-order valence-electron chi connectivity index (χ3n) is 6.07. The van der Waals surface area contributed by atoms with Gasteiger partial charge in [0, 0.05) is 19.3 Å². The fraction of sp³-hybridized carbons (Fsp3) is 0.391. The van der Waals surface area contributed by atoms with E-state index >= 15 is 0 Å². The van der Waals surface area contributed by atoms with Gasteiger partial charge in [0.05, 0.1) is 29.6 Å². The minimum absolute atomic E-state index is 0.112. The molecule has 0 bridgehead atoms. The van der Waals surface area contributed by atoms with Crippen LogP contribution in [0, 0.1) is 18.7 Å². The van der Waals surface area contributed by atoms with Gasteiger partial charge in [-0.05, 0) is 55.5 Å². The van der Waals surface area contributed by atoms with Gasteiger partial charge in [-0.3, -0.25) is 4.79 Å². The maximum Gasteiger partial charge on any atom is 0.417 e. The average Bonchev–Trinajstić information content (AvgIpc) is 3.31. The van der Waals surface area contributed by atoms with Crippen LogP contribution < -0.4 is 5.32 Å². The molecule has 0 aliphatic carbocycles. The minimum atomic E-state index is -4.46. The summed E-state index contributed by atoms with van der Waals surface area (Å²) in [6.07, 6.45) is 0.927. The van der Waals surface area contributed by atoms with Gasteiger partial charge in [0.2, 0.25) is 0 Å². The highest BCUT2D eigenvalue weighted by molar-refractivity contribution is 5.98. The summed E-state index contributed by atoms with van der Waals surface area (Å²) in [5.74, 6) is -0.499. The number of aromatic nitrogens is 4. The fourth-order valence-electron chi connectivity index (χ4n) is 4.34. The van der Waals surface area contributed by atoms with Crippen molar-refractivity contribution in [3.63, 3.8) is 0 Å². The van der Waals surface area contributed by atoms with Crippen LogP contribution in [-0.2, 0) is 6.18 Å². The lowest BCUT2D eigenvalue weighted by Crippen LogP contribution is -2.51. The molecule has 1 aromatic carbocycles. The van der Waals surface area contributed by atoms with Crippen LogP contribution in [0.15, 0.2) is 42.9 Å². The van der Waals surface area contributed by atoms with Crippen molar-refractivity contribution in [2.75, 3.05) is 18.4 Å². The van der Waals surface area contributed by atoms with Crippen LogP contribution >= 0.6 is 0 Å². The summed E-state index contributed by atoms with van der Waals surface area (Å²) < 4.78 is 52.7. The number of likely N-dealkylation sites (tertiary alicyclic amines) is 1. The molecule has 3 aromatic rings. The van der Waals surface area contributed by atoms with Crippen LogP contribution in [0.1, 0.15) is 41.3 Å². The molecule has 1 amide bonds. The van der Waals surface area contributed by atoms with E-state index < -0.39 is 17.6 Å². The molecule has 1 N–H and O–H groups in total. The highest BCUT2D eigenvalue weighted by atomic mass is 19.4.